The van der Waals surface area contributed by atoms with Crippen molar-refractivity contribution in [3.63, 3.8) is 0 Å². The minimum atomic E-state index is -0.438. The maximum absolute atomic E-state index is 8.63. The van der Waals surface area contributed by atoms with Gasteiger partial charge in [-0.05, 0) is 0 Å². The predicted molar refractivity (Wildman–Crippen MR) is 21.0 cm³/mol. The third kappa shape index (κ3) is 3.16. The Balaban J connectivity index is 3.40. The summed E-state index contributed by atoms with van der Waals surface area (Å²) in [6.07, 6.45) is -0.438. The van der Waals surface area contributed by atoms with Gasteiger partial charge in [-0.3, -0.25) is 0 Å². The van der Waals surface area contributed by atoms with Crippen molar-refractivity contribution >= 4 is 0 Å². The van der Waals surface area contributed by atoms with Crippen LogP contribution in [0.4, 0.5) is 0 Å². The van der Waals surface area contributed by atoms with Crippen molar-refractivity contribution in [2.75, 3.05) is 0 Å². The van der Waals surface area contributed by atoms with Crippen molar-refractivity contribution in [1.82, 2.24) is 0 Å². The van der Waals surface area contributed by atoms with Crippen LogP contribution in [0.15, 0.2) is 0 Å². The molecule has 0 amide bonds. The topological polar surface area (TPSA) is 44.0 Å². The van der Waals surface area contributed by atoms with Crippen LogP contribution < -0.4 is 0 Å². The maximum atomic E-state index is 8.63. The van der Waals surface area contributed by atoms with Gasteiger partial charge >= 0.3 is 63.1 Å². The molecule has 0 saturated carbocycles. The third-order valence-electron chi connectivity index (χ3n) is 0.669. The van der Waals surface area contributed by atoms with Crippen LogP contribution in [0.1, 0.15) is 6.92 Å². The van der Waals surface area contributed by atoms with Crippen molar-refractivity contribution in [3.8, 4) is 6.07 Å². The molecule has 0 spiro atoms. The average Bonchev–Trinajstić information content (AvgIpc) is 1.65. The van der Waals surface area contributed by atoms with Crippen LogP contribution in [0.2, 0.25) is 2.73 Å². The van der Waals surface area contributed by atoms with Crippen molar-refractivity contribution in [3.05, 3.63) is 0 Å². The Morgan fingerprint density at radius 2 is 2.29 bits per heavy atom. The molecular weight excluding hydrogens is 167 g/mol. The number of hydrogen-bond acceptors (Lipinski definition) is 2. The van der Waals surface area contributed by atoms with Crippen molar-refractivity contribution in [2.24, 2.45) is 0 Å². The second-order valence-corrected chi connectivity index (χ2v) is 3.16. The van der Waals surface area contributed by atoms with E-state index in [1.165, 1.54) is 0 Å². The van der Waals surface area contributed by atoms with E-state index in [-0.39, 0.29) is 2.73 Å². The molecule has 0 aromatic rings. The predicted octanol–water partition coefficient (Wildman–Crippen LogP) is 0.226. The summed E-state index contributed by atoms with van der Waals surface area (Å²) in [6.45, 7) is 1.64. The molecule has 0 saturated heterocycles. The average molecular weight is 173 g/mol. The van der Waals surface area contributed by atoms with E-state index in [4.69, 9.17) is 10.4 Å². The zero-order valence-corrected chi connectivity index (χ0v) is 6.96. The molecule has 7 heavy (non-hydrogen) atoms. The van der Waals surface area contributed by atoms with E-state index in [1.807, 2.05) is 6.07 Å². The fourth-order valence-electron chi connectivity index (χ4n) is 0.108. The molecule has 0 aliphatic carbocycles. The molecule has 0 radical (unpaired) electrons. The van der Waals surface area contributed by atoms with Gasteiger partial charge in [-0.25, -0.2) is 0 Å². The first kappa shape index (κ1) is 7.55. The fraction of sp³-hybridized carbons (Fsp3) is 0.750. The van der Waals surface area contributed by atoms with Crippen LogP contribution in [0.5, 0.6) is 0 Å². The van der Waals surface area contributed by atoms with Crippen LogP contribution in [0, 0.1) is 11.3 Å². The van der Waals surface area contributed by atoms with Gasteiger partial charge in [0.15, 0.2) is 0 Å². The summed E-state index contributed by atoms with van der Waals surface area (Å²) in [5.74, 6) is 0. The summed E-state index contributed by atoms with van der Waals surface area (Å²) in [5, 5.41) is 16.8. The van der Waals surface area contributed by atoms with Gasteiger partial charge in [0.05, 0.1) is 0 Å². The van der Waals surface area contributed by atoms with Crippen molar-refractivity contribution in [1.29, 1.82) is 5.26 Å². The van der Waals surface area contributed by atoms with Crippen LogP contribution >= 0.6 is 0 Å². The van der Waals surface area contributed by atoms with E-state index >= 15 is 0 Å². The number of aliphatic hydroxyl groups is 1. The minimum absolute atomic E-state index is 0.106. The van der Waals surface area contributed by atoms with Crippen LogP contribution in [-0.4, -0.2) is 11.2 Å². The summed E-state index contributed by atoms with van der Waals surface area (Å²) in [4.78, 5) is 0. The summed E-state index contributed by atoms with van der Waals surface area (Å²) in [6, 6.07) is 1.97. The molecule has 0 aliphatic rings. The zero-order valence-electron chi connectivity index (χ0n) is 4.13. The Kier molecular flexibility index (Phi) is 3.82. The molecule has 0 aromatic carbocycles. The van der Waals surface area contributed by atoms with Gasteiger partial charge < -0.3 is 0 Å². The first-order valence-corrected chi connectivity index (χ1v) is 3.65. The van der Waals surface area contributed by atoms with Gasteiger partial charge in [0.2, 0.25) is 0 Å². The summed E-state index contributed by atoms with van der Waals surface area (Å²) < 4.78 is -0.106. The molecule has 0 aromatic heterocycles. The number of hydrogen-bond donors (Lipinski definition) is 1. The zero-order chi connectivity index (χ0) is 5.86. The van der Waals surface area contributed by atoms with E-state index in [0.29, 0.717) is 0 Å². The standard InChI is InChI=1S/C4H6NO.Y/c1-4(6)2-3-5;/h2,4,6H,1H3;. The summed E-state index contributed by atoms with van der Waals surface area (Å²) >= 11 is 0.822. The Morgan fingerprint density at radius 3 is 2.29 bits per heavy atom. The van der Waals surface area contributed by atoms with Gasteiger partial charge in [-0.1, -0.05) is 0 Å². The van der Waals surface area contributed by atoms with E-state index in [2.05, 4.69) is 0 Å². The van der Waals surface area contributed by atoms with Crippen LogP contribution in [-0.2, 0) is 31.0 Å². The number of aliphatic hydroxyl groups excluding tert-OH is 1. The van der Waals surface area contributed by atoms with Gasteiger partial charge in [0.25, 0.3) is 0 Å². The van der Waals surface area contributed by atoms with Crippen LogP contribution in [0.25, 0.3) is 0 Å². The van der Waals surface area contributed by atoms with Crippen molar-refractivity contribution in [2.45, 2.75) is 15.8 Å². The summed E-state index contributed by atoms with van der Waals surface area (Å²) in [5.41, 5.74) is 0. The Bertz CT molecular complexity index is 86.2. The molecule has 3 heteroatoms. The molecule has 36 valence electrons. The molecule has 0 fully saturated rings. The van der Waals surface area contributed by atoms with E-state index < -0.39 is 6.10 Å². The molecule has 0 aliphatic heterocycles. The number of rotatable bonds is 1. The van der Waals surface area contributed by atoms with Gasteiger partial charge in [-0.15, -0.1) is 0 Å². The van der Waals surface area contributed by atoms with E-state index in [1.54, 1.807) is 6.92 Å². The van der Waals surface area contributed by atoms with Gasteiger partial charge in [0.1, 0.15) is 0 Å². The third-order valence-corrected chi connectivity index (χ3v) is 2.40. The molecular formula is C4H6NOY. The second kappa shape index (κ2) is 3.54. The second-order valence-electron chi connectivity index (χ2n) is 1.40. The Hall–Kier alpha value is 0.554. The number of nitriles is 1. The van der Waals surface area contributed by atoms with Gasteiger partial charge in [0, 0.05) is 0 Å². The molecule has 1 N–H and O–H groups in total. The first-order chi connectivity index (χ1) is 3.18. The monoisotopic (exact) mass is 173 g/mol. The molecule has 2 unspecified atom stereocenters. The molecule has 2 atom stereocenters. The van der Waals surface area contributed by atoms with Crippen molar-refractivity contribution < 1.29 is 36.1 Å². The van der Waals surface area contributed by atoms with E-state index in [0.717, 1.165) is 31.0 Å². The van der Waals surface area contributed by atoms with E-state index in [9.17, 15) is 0 Å². The normalized spacial score (nSPS) is 17.1. The Morgan fingerprint density at radius 1 is 1.86 bits per heavy atom. The summed E-state index contributed by atoms with van der Waals surface area (Å²) in [7, 11) is 0. The first-order valence-electron chi connectivity index (χ1n) is 2.01. The number of nitrogens with zero attached hydrogens (tertiary/aromatic N) is 1. The fourth-order valence-corrected chi connectivity index (χ4v) is 0.108. The SMILES string of the molecule is CC(O)[CH]([Y])C#N. The Labute approximate surface area is 63.0 Å². The molecule has 2 nitrogen and oxygen atoms in total. The quantitative estimate of drug-likeness (QED) is 0.616. The van der Waals surface area contributed by atoms with Crippen LogP contribution in [0.3, 0.4) is 0 Å². The molecule has 0 bridgehead atoms. The molecule has 0 heterocycles. The molecule has 0 rings (SSSR count). The van der Waals surface area contributed by atoms with Gasteiger partial charge in [-0.2, -0.15) is 0 Å².